The van der Waals surface area contributed by atoms with Crippen LogP contribution in [0, 0.1) is 0 Å². The van der Waals surface area contributed by atoms with Crippen molar-refractivity contribution in [2.24, 2.45) is 0 Å². The summed E-state index contributed by atoms with van der Waals surface area (Å²) in [5, 5.41) is 19.3. The van der Waals surface area contributed by atoms with Gasteiger partial charge in [-0.1, -0.05) is 17.3 Å². The van der Waals surface area contributed by atoms with Crippen LogP contribution >= 0.6 is 0 Å². The molecule has 10 heteroatoms. The van der Waals surface area contributed by atoms with Gasteiger partial charge in [-0.3, -0.25) is 19.0 Å². The van der Waals surface area contributed by atoms with Gasteiger partial charge in [0.25, 0.3) is 5.56 Å². The molecule has 0 unspecified atom stereocenters. The lowest BCUT2D eigenvalue weighted by Crippen LogP contribution is -2.27. The molecule has 0 saturated heterocycles. The molecule has 3 rings (SSSR count). The molecule has 0 aliphatic rings. The maximum absolute atomic E-state index is 12.3. The molecule has 1 aromatic carbocycles. The highest BCUT2D eigenvalue weighted by Gasteiger charge is 2.08. The number of aliphatic carboxylic acids is 1. The van der Waals surface area contributed by atoms with Crippen molar-refractivity contribution in [3.05, 3.63) is 52.8 Å². The summed E-state index contributed by atoms with van der Waals surface area (Å²) in [6, 6.07) is 7.02. The van der Waals surface area contributed by atoms with Crippen LogP contribution in [0.15, 0.2) is 41.6 Å². The van der Waals surface area contributed by atoms with Gasteiger partial charge in [0.05, 0.1) is 30.0 Å². The van der Waals surface area contributed by atoms with Crippen molar-refractivity contribution in [2.75, 3.05) is 0 Å². The number of nitrogens with zero attached hydrogens (tertiary/aromatic N) is 5. The number of hydrogen-bond donors (Lipinski definition) is 2. The minimum absolute atomic E-state index is 0.100. The summed E-state index contributed by atoms with van der Waals surface area (Å²) in [5.74, 6) is -1.29. The van der Waals surface area contributed by atoms with Gasteiger partial charge in [0.2, 0.25) is 5.91 Å². The molecule has 26 heavy (non-hydrogen) atoms. The molecule has 0 spiro atoms. The third kappa shape index (κ3) is 4.09. The molecule has 0 atom stereocenters. The standard InChI is InChI=1S/C16H16N6O4/c23-14(17-7-11-8-22(20-19-11)9-15(24)25)5-6-21-10-18-13-4-2-1-3-12(13)16(21)26/h1-4,8,10H,5-7,9H2,(H,17,23)(H,24,25). The Balaban J connectivity index is 1.54. The average molecular weight is 356 g/mol. The van der Waals surface area contributed by atoms with Gasteiger partial charge in [0.1, 0.15) is 12.2 Å². The maximum atomic E-state index is 12.3. The first-order valence-electron chi connectivity index (χ1n) is 7.84. The van der Waals surface area contributed by atoms with E-state index in [0.717, 1.165) is 0 Å². The molecule has 10 nitrogen and oxygen atoms in total. The van der Waals surface area contributed by atoms with E-state index >= 15 is 0 Å². The molecule has 2 aromatic heterocycles. The lowest BCUT2D eigenvalue weighted by Gasteiger charge is -2.07. The highest BCUT2D eigenvalue weighted by atomic mass is 16.4. The number of amides is 1. The van der Waals surface area contributed by atoms with Gasteiger partial charge in [0, 0.05) is 13.0 Å². The molecule has 0 saturated carbocycles. The number of fused-ring (bicyclic) bond motifs is 1. The van der Waals surface area contributed by atoms with Gasteiger partial charge < -0.3 is 10.4 Å². The number of carbonyl (C=O) groups is 2. The third-order valence-corrected chi connectivity index (χ3v) is 3.66. The Morgan fingerprint density at radius 2 is 2.04 bits per heavy atom. The van der Waals surface area contributed by atoms with Crippen LogP contribution in [0.4, 0.5) is 0 Å². The SMILES string of the molecule is O=C(O)Cn1cc(CNC(=O)CCn2cnc3ccccc3c2=O)nn1. The lowest BCUT2D eigenvalue weighted by molar-refractivity contribution is -0.138. The molecule has 134 valence electrons. The molecule has 0 bridgehead atoms. The maximum Gasteiger partial charge on any atom is 0.325 e. The van der Waals surface area contributed by atoms with Crippen LogP contribution in [0.2, 0.25) is 0 Å². The van der Waals surface area contributed by atoms with Crippen LogP contribution in [-0.2, 0) is 29.2 Å². The van der Waals surface area contributed by atoms with Gasteiger partial charge in [-0.15, -0.1) is 5.10 Å². The Morgan fingerprint density at radius 3 is 2.85 bits per heavy atom. The number of carboxylic acid groups (broad SMARTS) is 1. The number of carboxylic acids is 1. The van der Waals surface area contributed by atoms with E-state index in [0.29, 0.717) is 16.6 Å². The first kappa shape index (κ1) is 17.3. The summed E-state index contributed by atoms with van der Waals surface area (Å²) < 4.78 is 2.56. The lowest BCUT2D eigenvalue weighted by atomic mass is 10.2. The zero-order chi connectivity index (χ0) is 18.5. The average Bonchev–Trinajstić information content (AvgIpc) is 3.06. The Morgan fingerprint density at radius 1 is 1.23 bits per heavy atom. The van der Waals surface area contributed by atoms with Crippen molar-refractivity contribution in [1.82, 2.24) is 29.9 Å². The Bertz CT molecular complexity index is 1010. The molecule has 0 aliphatic heterocycles. The van der Waals surface area contributed by atoms with Gasteiger partial charge in [0.15, 0.2) is 0 Å². The largest absolute Gasteiger partial charge is 0.480 e. The Hall–Kier alpha value is -3.56. The second-order valence-corrected chi connectivity index (χ2v) is 5.59. The van der Waals surface area contributed by atoms with Crippen LogP contribution in [-0.4, -0.2) is 41.5 Å². The molecular weight excluding hydrogens is 340 g/mol. The van der Waals surface area contributed by atoms with Crippen molar-refractivity contribution < 1.29 is 14.7 Å². The quantitative estimate of drug-likeness (QED) is 0.598. The van der Waals surface area contributed by atoms with Crippen molar-refractivity contribution in [3.63, 3.8) is 0 Å². The molecule has 2 heterocycles. The first-order valence-corrected chi connectivity index (χ1v) is 7.84. The minimum Gasteiger partial charge on any atom is -0.480 e. The molecule has 0 fully saturated rings. The van der Waals surface area contributed by atoms with E-state index in [2.05, 4.69) is 20.6 Å². The number of aryl methyl sites for hydroxylation is 1. The van der Waals surface area contributed by atoms with Crippen LogP contribution < -0.4 is 10.9 Å². The normalized spacial score (nSPS) is 10.8. The molecule has 1 amide bonds. The summed E-state index contributed by atoms with van der Waals surface area (Å²) in [4.78, 5) is 39.1. The van der Waals surface area contributed by atoms with Crippen LogP contribution in [0.1, 0.15) is 12.1 Å². The van der Waals surface area contributed by atoms with Gasteiger partial charge in [-0.05, 0) is 12.1 Å². The van der Waals surface area contributed by atoms with Gasteiger partial charge in [-0.25, -0.2) is 9.67 Å². The second-order valence-electron chi connectivity index (χ2n) is 5.59. The number of nitrogens with one attached hydrogen (secondary N) is 1. The summed E-state index contributed by atoms with van der Waals surface area (Å²) in [5.41, 5.74) is 0.867. The van der Waals surface area contributed by atoms with Crippen LogP contribution in [0.5, 0.6) is 0 Å². The number of aromatic nitrogens is 5. The molecular formula is C16H16N6O4. The second kappa shape index (κ2) is 7.55. The van der Waals surface area contributed by atoms with E-state index in [1.165, 1.54) is 21.8 Å². The third-order valence-electron chi connectivity index (χ3n) is 3.66. The molecule has 2 N–H and O–H groups in total. The summed E-state index contributed by atoms with van der Waals surface area (Å²) in [7, 11) is 0. The number of carbonyl (C=O) groups excluding carboxylic acids is 1. The van der Waals surface area contributed by atoms with Crippen LogP contribution in [0.25, 0.3) is 10.9 Å². The van der Waals surface area contributed by atoms with E-state index in [1.807, 2.05) is 0 Å². The van der Waals surface area contributed by atoms with Crippen molar-refractivity contribution in [3.8, 4) is 0 Å². The van der Waals surface area contributed by atoms with Crippen LogP contribution in [0.3, 0.4) is 0 Å². The topological polar surface area (TPSA) is 132 Å². The first-order chi connectivity index (χ1) is 12.5. The van der Waals surface area contributed by atoms with E-state index in [9.17, 15) is 14.4 Å². The van der Waals surface area contributed by atoms with E-state index in [-0.39, 0.29) is 37.5 Å². The number of hydrogen-bond acceptors (Lipinski definition) is 6. The van der Waals surface area contributed by atoms with E-state index < -0.39 is 5.97 Å². The van der Waals surface area contributed by atoms with E-state index in [1.54, 1.807) is 24.3 Å². The zero-order valence-corrected chi connectivity index (χ0v) is 13.7. The molecule has 0 radical (unpaired) electrons. The summed E-state index contributed by atoms with van der Waals surface area (Å²) in [6.07, 6.45) is 2.98. The summed E-state index contributed by atoms with van der Waals surface area (Å²) in [6.45, 7) is 0.0380. The minimum atomic E-state index is -1.03. The molecule has 3 aromatic rings. The number of benzene rings is 1. The predicted octanol–water partition coefficient (Wildman–Crippen LogP) is -0.221. The van der Waals surface area contributed by atoms with E-state index in [4.69, 9.17) is 5.11 Å². The predicted molar refractivity (Wildman–Crippen MR) is 90.1 cm³/mol. The fourth-order valence-corrected chi connectivity index (χ4v) is 2.40. The smallest absolute Gasteiger partial charge is 0.325 e. The van der Waals surface area contributed by atoms with Crippen molar-refractivity contribution >= 4 is 22.8 Å². The Kier molecular flexibility index (Phi) is 5.02. The fourth-order valence-electron chi connectivity index (χ4n) is 2.40. The summed E-state index contributed by atoms with van der Waals surface area (Å²) >= 11 is 0. The highest BCUT2D eigenvalue weighted by molar-refractivity contribution is 5.77. The zero-order valence-electron chi connectivity index (χ0n) is 13.7. The van der Waals surface area contributed by atoms with Gasteiger partial charge in [-0.2, -0.15) is 0 Å². The number of para-hydroxylation sites is 1. The van der Waals surface area contributed by atoms with Gasteiger partial charge >= 0.3 is 5.97 Å². The monoisotopic (exact) mass is 356 g/mol. The van der Waals surface area contributed by atoms with Crippen molar-refractivity contribution in [2.45, 2.75) is 26.1 Å². The highest BCUT2D eigenvalue weighted by Crippen LogP contribution is 2.04. The fraction of sp³-hybridized carbons (Fsp3) is 0.250. The number of rotatable bonds is 7. The Labute approximate surface area is 147 Å². The van der Waals surface area contributed by atoms with Crippen molar-refractivity contribution in [1.29, 1.82) is 0 Å². The molecule has 0 aliphatic carbocycles.